The molecule has 0 unspecified atom stereocenters. The molecule has 2 aromatic heterocycles. The summed E-state index contributed by atoms with van der Waals surface area (Å²) in [6, 6.07) is 13.4. The lowest BCUT2D eigenvalue weighted by Crippen LogP contribution is -2.21. The summed E-state index contributed by atoms with van der Waals surface area (Å²) in [5.74, 6) is 0.844. The minimum atomic E-state index is -0.199. The summed E-state index contributed by atoms with van der Waals surface area (Å²) in [7, 11) is 0. The zero-order valence-corrected chi connectivity index (χ0v) is 18.5. The number of carbonyl (C=O) groups excluding carboxylic acids is 1. The number of carbonyl (C=O) groups is 1. The quantitative estimate of drug-likeness (QED) is 0.248. The summed E-state index contributed by atoms with van der Waals surface area (Å²) in [5.41, 5.74) is 5.84. The highest BCUT2D eigenvalue weighted by Gasteiger charge is 2.09. The first-order valence-corrected chi connectivity index (χ1v) is 11.3. The van der Waals surface area contributed by atoms with Gasteiger partial charge in [0.1, 0.15) is 12.1 Å². The van der Waals surface area contributed by atoms with E-state index in [9.17, 15) is 4.79 Å². The summed E-state index contributed by atoms with van der Waals surface area (Å²) >= 11 is 2.92. The van der Waals surface area contributed by atoms with Gasteiger partial charge < -0.3 is 4.74 Å². The largest absolute Gasteiger partial charge is 0.494 e. The summed E-state index contributed by atoms with van der Waals surface area (Å²) in [5, 5.41) is 15.4. The van der Waals surface area contributed by atoms with Crippen LogP contribution in [0.3, 0.4) is 0 Å². The molecule has 0 bridgehead atoms. The van der Waals surface area contributed by atoms with Crippen molar-refractivity contribution >= 4 is 44.9 Å². The molecule has 4 rings (SSSR count). The molecular weight excluding hydrogens is 434 g/mol. The SMILES string of the molecule is CCOc1ccc2nc(SCC(=O)N/N=C(\C)c3cccc(-n4cnnn4)c3)sc2c1. The second-order valence-corrected chi connectivity index (χ2v) is 8.62. The average Bonchev–Trinajstić information content (AvgIpc) is 3.46. The number of tetrazole rings is 1. The zero-order valence-electron chi connectivity index (χ0n) is 16.8. The molecule has 2 heterocycles. The molecule has 0 fully saturated rings. The topological polar surface area (TPSA) is 107 Å². The molecule has 9 nitrogen and oxygen atoms in total. The van der Waals surface area contributed by atoms with Gasteiger partial charge in [-0.2, -0.15) is 5.10 Å². The highest BCUT2D eigenvalue weighted by Crippen LogP contribution is 2.31. The number of nitrogens with one attached hydrogen (secondary N) is 1. The Morgan fingerprint density at radius 2 is 2.19 bits per heavy atom. The van der Waals surface area contributed by atoms with Crippen molar-refractivity contribution in [2.24, 2.45) is 5.10 Å². The molecule has 0 spiro atoms. The van der Waals surface area contributed by atoms with Gasteiger partial charge in [0, 0.05) is 0 Å². The number of ether oxygens (including phenoxy) is 1. The van der Waals surface area contributed by atoms with Crippen LogP contribution in [0.2, 0.25) is 0 Å². The Morgan fingerprint density at radius 1 is 1.29 bits per heavy atom. The van der Waals surface area contributed by atoms with E-state index in [4.69, 9.17) is 4.74 Å². The summed E-state index contributed by atoms with van der Waals surface area (Å²) < 4.78 is 8.94. The number of hydrazone groups is 1. The molecule has 1 N–H and O–H groups in total. The van der Waals surface area contributed by atoms with Crippen molar-refractivity contribution in [1.82, 2.24) is 30.6 Å². The van der Waals surface area contributed by atoms with Gasteiger partial charge in [-0.3, -0.25) is 4.79 Å². The normalized spacial score (nSPS) is 11.6. The van der Waals surface area contributed by atoms with E-state index >= 15 is 0 Å². The number of rotatable bonds is 8. The lowest BCUT2D eigenvalue weighted by molar-refractivity contribution is -0.118. The molecule has 0 atom stereocenters. The van der Waals surface area contributed by atoms with Crippen LogP contribution in [-0.2, 0) is 4.79 Å². The van der Waals surface area contributed by atoms with E-state index in [0.29, 0.717) is 12.3 Å². The third kappa shape index (κ3) is 5.25. The number of benzene rings is 2. The highest BCUT2D eigenvalue weighted by atomic mass is 32.2. The van der Waals surface area contributed by atoms with E-state index in [0.717, 1.165) is 31.6 Å². The Hall–Kier alpha value is -3.31. The van der Waals surface area contributed by atoms with E-state index in [-0.39, 0.29) is 11.7 Å². The first kappa shape index (κ1) is 20.9. The van der Waals surface area contributed by atoms with Gasteiger partial charge in [0.05, 0.1) is 34.0 Å². The molecule has 0 aliphatic carbocycles. The van der Waals surface area contributed by atoms with E-state index in [1.807, 2.05) is 56.3 Å². The van der Waals surface area contributed by atoms with E-state index in [1.165, 1.54) is 29.4 Å². The van der Waals surface area contributed by atoms with Crippen LogP contribution in [0.1, 0.15) is 19.4 Å². The average molecular weight is 454 g/mol. The van der Waals surface area contributed by atoms with Crippen LogP contribution >= 0.6 is 23.1 Å². The van der Waals surface area contributed by atoms with Crippen molar-refractivity contribution in [2.75, 3.05) is 12.4 Å². The smallest absolute Gasteiger partial charge is 0.250 e. The van der Waals surface area contributed by atoms with Gasteiger partial charge >= 0.3 is 0 Å². The Labute approximate surface area is 186 Å². The molecule has 31 heavy (non-hydrogen) atoms. The number of hydrogen-bond acceptors (Lipinski definition) is 9. The van der Waals surface area contributed by atoms with Crippen molar-refractivity contribution in [3.05, 3.63) is 54.4 Å². The monoisotopic (exact) mass is 453 g/mol. The molecule has 0 radical (unpaired) electrons. The number of thiazole rings is 1. The Kier molecular flexibility index (Phi) is 6.53. The first-order chi connectivity index (χ1) is 15.1. The van der Waals surface area contributed by atoms with Crippen LogP contribution in [0.5, 0.6) is 5.75 Å². The number of nitrogens with zero attached hydrogens (tertiary/aromatic N) is 6. The standard InChI is InChI=1S/C20H19N7O2S2/c1-3-29-16-7-8-17-18(10-16)31-20(22-17)30-11-19(28)24-23-13(2)14-5-4-6-15(9-14)27-12-21-25-26-27/h4-10,12H,3,11H2,1-2H3,(H,24,28)/b23-13+. The highest BCUT2D eigenvalue weighted by molar-refractivity contribution is 8.01. The number of fused-ring (bicyclic) bond motifs is 1. The number of thioether (sulfide) groups is 1. The third-order valence-electron chi connectivity index (χ3n) is 4.20. The number of hydrogen-bond donors (Lipinski definition) is 1. The molecule has 0 saturated heterocycles. The Morgan fingerprint density at radius 3 is 3.00 bits per heavy atom. The van der Waals surface area contributed by atoms with Crippen LogP contribution in [0, 0.1) is 0 Å². The first-order valence-electron chi connectivity index (χ1n) is 9.45. The second kappa shape index (κ2) is 9.67. The van der Waals surface area contributed by atoms with Gasteiger partial charge in [-0.15, -0.1) is 16.4 Å². The van der Waals surface area contributed by atoms with Crippen LogP contribution < -0.4 is 10.2 Å². The molecule has 158 valence electrons. The maximum atomic E-state index is 12.2. The lowest BCUT2D eigenvalue weighted by atomic mass is 10.1. The third-order valence-corrected chi connectivity index (χ3v) is 6.36. The van der Waals surface area contributed by atoms with Gasteiger partial charge in [-0.25, -0.2) is 15.1 Å². The fourth-order valence-electron chi connectivity index (χ4n) is 2.73. The van der Waals surface area contributed by atoms with Crippen molar-refractivity contribution in [2.45, 2.75) is 18.2 Å². The molecule has 11 heteroatoms. The van der Waals surface area contributed by atoms with Crippen LogP contribution in [0.4, 0.5) is 0 Å². The lowest BCUT2D eigenvalue weighted by Gasteiger charge is -2.05. The van der Waals surface area contributed by atoms with E-state index in [2.05, 4.69) is 31.0 Å². The van der Waals surface area contributed by atoms with Gasteiger partial charge in [-0.1, -0.05) is 23.9 Å². The van der Waals surface area contributed by atoms with Crippen molar-refractivity contribution in [1.29, 1.82) is 0 Å². The zero-order chi connectivity index (χ0) is 21.6. The van der Waals surface area contributed by atoms with Gasteiger partial charge in [0.15, 0.2) is 4.34 Å². The van der Waals surface area contributed by atoms with Crippen LogP contribution in [-0.4, -0.2) is 49.2 Å². The van der Waals surface area contributed by atoms with Crippen molar-refractivity contribution < 1.29 is 9.53 Å². The Balaban J connectivity index is 1.35. The molecular formula is C20H19N7O2S2. The number of aromatic nitrogens is 5. The van der Waals surface area contributed by atoms with E-state index < -0.39 is 0 Å². The van der Waals surface area contributed by atoms with E-state index in [1.54, 1.807) is 4.68 Å². The molecule has 1 amide bonds. The predicted octanol–water partition coefficient (Wildman–Crippen LogP) is 3.30. The minimum Gasteiger partial charge on any atom is -0.494 e. The molecule has 2 aromatic carbocycles. The molecule has 0 aliphatic heterocycles. The Bertz CT molecular complexity index is 1220. The summed E-state index contributed by atoms with van der Waals surface area (Å²) in [6.07, 6.45) is 1.52. The second-order valence-electron chi connectivity index (χ2n) is 6.37. The molecule has 4 aromatic rings. The van der Waals surface area contributed by atoms with Gasteiger partial charge in [0.2, 0.25) is 0 Å². The van der Waals surface area contributed by atoms with Crippen LogP contribution in [0.15, 0.2) is 58.2 Å². The fourth-order valence-corrected chi connectivity index (χ4v) is 4.61. The van der Waals surface area contributed by atoms with Crippen LogP contribution in [0.25, 0.3) is 15.9 Å². The maximum absolute atomic E-state index is 12.2. The molecule has 0 aliphatic rings. The van der Waals surface area contributed by atoms with Crippen molar-refractivity contribution in [3.8, 4) is 11.4 Å². The molecule has 0 saturated carbocycles. The number of amides is 1. The minimum absolute atomic E-state index is 0.199. The van der Waals surface area contributed by atoms with Crippen molar-refractivity contribution in [3.63, 3.8) is 0 Å². The summed E-state index contributed by atoms with van der Waals surface area (Å²) in [4.78, 5) is 16.8. The van der Waals surface area contributed by atoms with Gasteiger partial charge in [0.25, 0.3) is 5.91 Å². The fraction of sp³-hybridized carbons (Fsp3) is 0.200. The maximum Gasteiger partial charge on any atom is 0.250 e. The summed E-state index contributed by atoms with van der Waals surface area (Å²) in [6.45, 7) is 4.40. The predicted molar refractivity (Wildman–Crippen MR) is 121 cm³/mol. The van der Waals surface area contributed by atoms with Gasteiger partial charge in [-0.05, 0) is 60.2 Å².